The number of likely N-dealkylation sites (N-methyl/N-ethyl adjacent to an activating group) is 1. The number of rotatable bonds is 6. The Bertz CT molecular complexity index is 1920. The van der Waals surface area contributed by atoms with Gasteiger partial charge in [0.1, 0.15) is 10.8 Å². The molecule has 1 unspecified atom stereocenters. The Hall–Kier alpha value is -4.29. The number of hydrogen-bond acceptors (Lipinski definition) is 8. The third-order valence-corrected chi connectivity index (χ3v) is 12.3. The summed E-state index contributed by atoms with van der Waals surface area (Å²) in [5.74, 6) is -1.17. The highest BCUT2D eigenvalue weighted by Crippen LogP contribution is 2.43. The Labute approximate surface area is 308 Å². The molecule has 2 aromatic carbocycles. The minimum atomic E-state index is -0.510. The molecule has 7 rings (SSSR count). The van der Waals surface area contributed by atoms with Gasteiger partial charge in [0.2, 0.25) is 11.8 Å². The summed E-state index contributed by atoms with van der Waals surface area (Å²) in [5, 5.41) is 10.1. The molecule has 3 atom stereocenters. The molecule has 4 aliphatic rings. The summed E-state index contributed by atoms with van der Waals surface area (Å²) in [6.07, 6.45) is 6.83. The molecule has 276 valence electrons. The number of piperidine rings is 4. The van der Waals surface area contributed by atoms with E-state index < -0.39 is 5.92 Å². The van der Waals surface area contributed by atoms with Gasteiger partial charge in [-0.2, -0.15) is 5.10 Å². The molecule has 1 aromatic heterocycles. The number of carbonyl (C=O) groups excluding carboxylic acids is 3. The Morgan fingerprint density at radius 1 is 1.00 bits per heavy atom. The SMILES string of the molecule is Cc1cc(N2CCC3(CCN(C(=O)c4ccc([C@H]5C[C@@H](Nc6cnn(C)c(=O)c6Cl)CN(C)C5)cc4)CC3)CC2)c(F)cc1C1CCC(=O)NC1=O. The van der Waals surface area contributed by atoms with Crippen LogP contribution in [-0.2, 0) is 16.6 Å². The fraction of sp³-hybridized carbons (Fsp3) is 0.513. The molecule has 0 saturated carbocycles. The highest BCUT2D eigenvalue weighted by molar-refractivity contribution is 6.32. The van der Waals surface area contributed by atoms with E-state index in [2.05, 4.69) is 44.7 Å². The Morgan fingerprint density at radius 2 is 1.69 bits per heavy atom. The fourth-order valence-electron chi connectivity index (χ4n) is 8.77. The maximum atomic E-state index is 15.5. The predicted octanol–water partition coefficient (Wildman–Crippen LogP) is 4.82. The molecule has 0 aliphatic carbocycles. The zero-order chi connectivity index (χ0) is 36.7. The van der Waals surface area contributed by atoms with E-state index in [-0.39, 0.29) is 57.9 Å². The van der Waals surface area contributed by atoms with Crippen LogP contribution in [0.4, 0.5) is 15.8 Å². The van der Waals surface area contributed by atoms with Crippen LogP contribution < -0.4 is 21.1 Å². The number of nitrogens with zero attached hydrogens (tertiary/aromatic N) is 5. The molecular formula is C39H47ClFN7O4. The van der Waals surface area contributed by atoms with Crippen molar-refractivity contribution in [1.82, 2.24) is 24.9 Å². The van der Waals surface area contributed by atoms with E-state index >= 15 is 4.39 Å². The lowest BCUT2D eigenvalue weighted by Gasteiger charge is -2.47. The largest absolute Gasteiger partial charge is 0.378 e. The molecule has 4 aliphatic heterocycles. The summed E-state index contributed by atoms with van der Waals surface area (Å²) in [7, 11) is 3.65. The lowest BCUT2D eigenvalue weighted by Crippen LogP contribution is -2.48. The van der Waals surface area contributed by atoms with Gasteiger partial charge in [-0.3, -0.25) is 24.5 Å². The van der Waals surface area contributed by atoms with E-state index in [0.717, 1.165) is 63.8 Å². The van der Waals surface area contributed by atoms with Crippen LogP contribution in [-0.4, -0.2) is 89.7 Å². The van der Waals surface area contributed by atoms with E-state index in [4.69, 9.17) is 11.6 Å². The monoisotopic (exact) mass is 731 g/mol. The molecule has 2 N–H and O–H groups in total. The van der Waals surface area contributed by atoms with Gasteiger partial charge in [0.15, 0.2) is 0 Å². The van der Waals surface area contributed by atoms with Gasteiger partial charge in [0, 0.05) is 64.3 Å². The number of halogens is 2. The molecule has 4 fully saturated rings. The summed E-state index contributed by atoms with van der Waals surface area (Å²) < 4.78 is 16.7. The number of nitrogens with one attached hydrogen (secondary N) is 2. The van der Waals surface area contributed by atoms with Crippen molar-refractivity contribution in [1.29, 1.82) is 0 Å². The van der Waals surface area contributed by atoms with Gasteiger partial charge in [-0.1, -0.05) is 23.7 Å². The normalized spacial score (nSPS) is 23.8. The van der Waals surface area contributed by atoms with Crippen molar-refractivity contribution in [2.45, 2.75) is 69.7 Å². The van der Waals surface area contributed by atoms with E-state index in [1.54, 1.807) is 13.2 Å². The predicted molar refractivity (Wildman–Crippen MR) is 198 cm³/mol. The molecular weight excluding hydrogens is 685 g/mol. The van der Waals surface area contributed by atoms with Crippen molar-refractivity contribution in [2.75, 3.05) is 56.5 Å². The van der Waals surface area contributed by atoms with Crippen molar-refractivity contribution in [3.63, 3.8) is 0 Å². The van der Waals surface area contributed by atoms with Crippen LogP contribution in [0.15, 0.2) is 47.4 Å². The van der Waals surface area contributed by atoms with E-state index in [1.807, 2.05) is 30.0 Å². The topological polar surface area (TPSA) is 120 Å². The molecule has 5 heterocycles. The van der Waals surface area contributed by atoms with Gasteiger partial charge in [-0.15, -0.1) is 0 Å². The average Bonchev–Trinajstić information content (AvgIpc) is 3.13. The standard InChI is InChI=1S/C39H47ClFN7O4/c1-24-18-33(31(41)20-30(24)29-8-9-34(49)44-36(29)50)47-14-10-39(11-15-47)12-16-48(17-13-39)37(51)26-6-4-25(5-7-26)27-19-28(23-45(2)22-27)43-32-21-42-46(3)38(52)35(32)40/h4-7,18,20-21,27-29,43H,8-17,19,22-23H2,1-3H3,(H,44,49,50)/t27-,28+,29?/m0/s1. The molecule has 11 nitrogen and oxygen atoms in total. The number of imide groups is 1. The first kappa shape index (κ1) is 36.1. The fourth-order valence-corrected chi connectivity index (χ4v) is 9.00. The molecule has 52 heavy (non-hydrogen) atoms. The van der Waals surface area contributed by atoms with Crippen molar-refractivity contribution in [3.8, 4) is 0 Å². The highest BCUT2D eigenvalue weighted by atomic mass is 35.5. The van der Waals surface area contributed by atoms with Gasteiger partial charge in [0.05, 0.1) is 23.5 Å². The van der Waals surface area contributed by atoms with E-state index in [0.29, 0.717) is 42.0 Å². The first-order valence-corrected chi connectivity index (χ1v) is 18.7. The molecule has 13 heteroatoms. The summed E-state index contributed by atoms with van der Waals surface area (Å²) in [6.45, 7) is 6.49. The number of aryl methyl sites for hydroxylation is 2. The Kier molecular flexibility index (Phi) is 10.1. The van der Waals surface area contributed by atoms with Crippen LogP contribution >= 0.6 is 11.6 Å². The zero-order valence-electron chi connectivity index (χ0n) is 30.1. The van der Waals surface area contributed by atoms with E-state index in [1.165, 1.54) is 16.3 Å². The number of hydrogen-bond donors (Lipinski definition) is 2. The second-order valence-electron chi connectivity index (χ2n) is 15.4. The third kappa shape index (κ3) is 7.32. The number of benzene rings is 2. The minimum Gasteiger partial charge on any atom is -0.378 e. The lowest BCUT2D eigenvalue weighted by molar-refractivity contribution is -0.134. The first-order chi connectivity index (χ1) is 24.9. The third-order valence-electron chi connectivity index (χ3n) is 11.9. The van der Waals surface area contributed by atoms with Gasteiger partial charge in [0.25, 0.3) is 11.5 Å². The first-order valence-electron chi connectivity index (χ1n) is 18.3. The van der Waals surface area contributed by atoms with Crippen LogP contribution in [0.2, 0.25) is 5.02 Å². The maximum absolute atomic E-state index is 15.5. The number of likely N-dealkylation sites (tertiary alicyclic amines) is 2. The van der Waals surface area contributed by atoms with Gasteiger partial charge in [-0.25, -0.2) is 9.07 Å². The number of carbonyl (C=O) groups is 3. The van der Waals surface area contributed by atoms with Crippen molar-refractivity contribution < 1.29 is 18.8 Å². The summed E-state index contributed by atoms with van der Waals surface area (Å²) in [6, 6.07) is 11.4. The van der Waals surface area contributed by atoms with Gasteiger partial charge < -0.3 is 20.0 Å². The molecule has 0 bridgehead atoms. The maximum Gasteiger partial charge on any atom is 0.287 e. The van der Waals surface area contributed by atoms with Gasteiger partial charge in [-0.05, 0) is 105 Å². The van der Waals surface area contributed by atoms with Crippen LogP contribution in [0.1, 0.15) is 83.8 Å². The van der Waals surface area contributed by atoms with Crippen LogP contribution in [0.3, 0.4) is 0 Å². The van der Waals surface area contributed by atoms with Crippen molar-refractivity contribution in [2.24, 2.45) is 12.5 Å². The number of aromatic nitrogens is 2. The number of amides is 3. The average molecular weight is 732 g/mol. The zero-order valence-corrected chi connectivity index (χ0v) is 30.8. The van der Waals surface area contributed by atoms with Gasteiger partial charge >= 0.3 is 0 Å². The van der Waals surface area contributed by atoms with Crippen LogP contribution in [0.5, 0.6) is 0 Å². The second kappa shape index (κ2) is 14.6. The van der Waals surface area contributed by atoms with Crippen molar-refractivity contribution >= 4 is 40.7 Å². The molecule has 0 radical (unpaired) electrons. The van der Waals surface area contributed by atoms with Crippen molar-refractivity contribution in [3.05, 3.63) is 86.0 Å². The summed E-state index contributed by atoms with van der Waals surface area (Å²) >= 11 is 6.32. The minimum absolute atomic E-state index is 0.0561. The Balaban J connectivity index is 0.923. The summed E-state index contributed by atoms with van der Waals surface area (Å²) in [4.78, 5) is 56.2. The van der Waals surface area contributed by atoms with Crippen LogP contribution in [0, 0.1) is 18.2 Å². The summed E-state index contributed by atoms with van der Waals surface area (Å²) in [5.41, 5.74) is 4.29. The van der Waals surface area contributed by atoms with E-state index in [9.17, 15) is 19.2 Å². The molecule has 3 amide bonds. The highest BCUT2D eigenvalue weighted by Gasteiger charge is 2.39. The van der Waals surface area contributed by atoms with Crippen LogP contribution in [0.25, 0.3) is 0 Å². The molecule has 3 aromatic rings. The quantitative estimate of drug-likeness (QED) is 0.347. The lowest BCUT2D eigenvalue weighted by atomic mass is 9.71. The number of anilines is 2. The smallest absolute Gasteiger partial charge is 0.287 e. The molecule has 4 saturated heterocycles. The molecule has 1 spiro atoms. The second-order valence-corrected chi connectivity index (χ2v) is 15.7. The Morgan fingerprint density at radius 3 is 2.38 bits per heavy atom.